The van der Waals surface area contributed by atoms with Gasteiger partial charge in [0.2, 0.25) is 0 Å². The van der Waals surface area contributed by atoms with E-state index in [4.69, 9.17) is 10.5 Å². The summed E-state index contributed by atoms with van der Waals surface area (Å²) in [5.74, 6) is 2.41. The van der Waals surface area contributed by atoms with Crippen molar-refractivity contribution in [1.29, 1.82) is 0 Å². The van der Waals surface area contributed by atoms with Crippen LogP contribution in [0.15, 0.2) is 24.3 Å². The van der Waals surface area contributed by atoms with Crippen molar-refractivity contribution in [3.63, 3.8) is 0 Å². The monoisotopic (exact) mass is 288 g/mol. The van der Waals surface area contributed by atoms with Crippen LogP contribution in [-0.4, -0.2) is 37.7 Å². The number of hydrogen-bond acceptors (Lipinski definition) is 3. The maximum Gasteiger partial charge on any atom is 0.118 e. The number of hydrogen-bond donors (Lipinski definition) is 1. The van der Waals surface area contributed by atoms with E-state index in [1.54, 1.807) is 7.11 Å². The second kappa shape index (κ2) is 6.80. The number of methoxy groups -OCH3 is 1. The minimum absolute atomic E-state index is 0.312. The maximum absolute atomic E-state index is 6.32. The molecule has 2 atom stereocenters. The van der Waals surface area contributed by atoms with Crippen LogP contribution < -0.4 is 10.5 Å². The number of likely N-dealkylation sites (tertiary alicyclic amines) is 1. The molecule has 3 nitrogen and oxygen atoms in total. The molecule has 0 radical (unpaired) electrons. The van der Waals surface area contributed by atoms with Gasteiger partial charge in [0.15, 0.2) is 0 Å². The van der Waals surface area contributed by atoms with E-state index >= 15 is 0 Å². The Bertz CT molecular complexity index is 439. The summed E-state index contributed by atoms with van der Waals surface area (Å²) in [4.78, 5) is 2.61. The summed E-state index contributed by atoms with van der Waals surface area (Å²) < 4.78 is 5.25. The lowest BCUT2D eigenvalue weighted by Crippen LogP contribution is -2.47. The Kier molecular flexibility index (Phi) is 4.81. The number of benzene rings is 1. The third-order valence-corrected chi connectivity index (χ3v) is 5.14. The number of nitrogens with zero attached hydrogens (tertiary/aromatic N) is 1. The van der Waals surface area contributed by atoms with Gasteiger partial charge < -0.3 is 15.4 Å². The predicted molar refractivity (Wildman–Crippen MR) is 86.7 cm³/mol. The van der Waals surface area contributed by atoms with E-state index in [1.165, 1.54) is 37.8 Å². The number of piperidine rings is 1. The topological polar surface area (TPSA) is 38.5 Å². The van der Waals surface area contributed by atoms with Gasteiger partial charge in [0.05, 0.1) is 7.11 Å². The molecule has 2 aliphatic rings. The highest BCUT2D eigenvalue weighted by Crippen LogP contribution is 2.31. The van der Waals surface area contributed by atoms with Crippen molar-refractivity contribution < 1.29 is 4.74 Å². The Morgan fingerprint density at radius 1 is 1.14 bits per heavy atom. The second-order valence-corrected chi connectivity index (χ2v) is 6.83. The minimum Gasteiger partial charge on any atom is -0.497 e. The van der Waals surface area contributed by atoms with Crippen molar-refractivity contribution in [3.05, 3.63) is 29.8 Å². The lowest BCUT2D eigenvalue weighted by Gasteiger charge is -2.37. The standard InChI is InChI=1S/C18H28N2O/c1-21-18-8-6-15(7-9-18)16-10-17(19)13-20(12-16)11-14-4-2-3-5-14/h6-9,14,16-17H,2-5,10-13,19H2,1H3. The van der Waals surface area contributed by atoms with Gasteiger partial charge in [-0.15, -0.1) is 0 Å². The molecule has 1 aromatic rings. The van der Waals surface area contributed by atoms with Gasteiger partial charge in [-0.05, 0) is 48.8 Å². The van der Waals surface area contributed by atoms with Gasteiger partial charge in [0, 0.05) is 25.7 Å². The molecule has 0 amide bonds. The lowest BCUT2D eigenvalue weighted by atomic mass is 9.88. The van der Waals surface area contributed by atoms with Crippen molar-refractivity contribution in [2.24, 2.45) is 11.7 Å². The summed E-state index contributed by atoms with van der Waals surface area (Å²) in [6, 6.07) is 8.85. The molecule has 1 saturated carbocycles. The van der Waals surface area contributed by atoms with Crippen LogP contribution in [0, 0.1) is 5.92 Å². The summed E-state index contributed by atoms with van der Waals surface area (Å²) >= 11 is 0. The molecule has 3 rings (SSSR count). The first kappa shape index (κ1) is 14.9. The van der Waals surface area contributed by atoms with Crippen LogP contribution in [0.5, 0.6) is 5.75 Å². The zero-order chi connectivity index (χ0) is 14.7. The van der Waals surface area contributed by atoms with Crippen LogP contribution >= 0.6 is 0 Å². The highest BCUT2D eigenvalue weighted by atomic mass is 16.5. The van der Waals surface area contributed by atoms with Crippen LogP contribution in [0.2, 0.25) is 0 Å². The van der Waals surface area contributed by atoms with E-state index in [0.717, 1.165) is 31.2 Å². The Balaban J connectivity index is 1.63. The van der Waals surface area contributed by atoms with Crippen molar-refractivity contribution in [2.45, 2.75) is 44.1 Å². The third-order valence-electron chi connectivity index (χ3n) is 5.14. The van der Waals surface area contributed by atoms with Crippen LogP contribution in [0.4, 0.5) is 0 Å². The zero-order valence-corrected chi connectivity index (χ0v) is 13.1. The molecule has 0 spiro atoms. The highest BCUT2D eigenvalue weighted by Gasteiger charge is 2.28. The first-order valence-corrected chi connectivity index (χ1v) is 8.36. The molecule has 1 aromatic carbocycles. The molecule has 1 heterocycles. The molecule has 2 unspecified atom stereocenters. The summed E-state index contributed by atoms with van der Waals surface area (Å²) in [6.07, 6.45) is 6.78. The molecule has 3 heteroatoms. The Morgan fingerprint density at radius 2 is 1.86 bits per heavy atom. The smallest absolute Gasteiger partial charge is 0.118 e. The van der Waals surface area contributed by atoms with E-state index in [1.807, 2.05) is 0 Å². The molecule has 2 fully saturated rings. The van der Waals surface area contributed by atoms with Crippen LogP contribution in [-0.2, 0) is 0 Å². The predicted octanol–water partition coefficient (Wildman–Crippen LogP) is 3.00. The molecule has 1 saturated heterocycles. The fourth-order valence-corrected chi connectivity index (χ4v) is 4.06. The van der Waals surface area contributed by atoms with E-state index in [2.05, 4.69) is 29.2 Å². The Morgan fingerprint density at radius 3 is 2.52 bits per heavy atom. The quantitative estimate of drug-likeness (QED) is 0.925. The summed E-state index contributed by atoms with van der Waals surface area (Å²) in [6.45, 7) is 3.49. The fraction of sp³-hybridized carbons (Fsp3) is 0.667. The van der Waals surface area contributed by atoms with Crippen molar-refractivity contribution in [1.82, 2.24) is 4.90 Å². The van der Waals surface area contributed by atoms with Crippen molar-refractivity contribution in [3.8, 4) is 5.75 Å². The number of ether oxygens (including phenoxy) is 1. The van der Waals surface area contributed by atoms with E-state index < -0.39 is 0 Å². The largest absolute Gasteiger partial charge is 0.497 e. The summed E-state index contributed by atoms with van der Waals surface area (Å²) in [7, 11) is 1.72. The van der Waals surface area contributed by atoms with Gasteiger partial charge in [0.1, 0.15) is 5.75 Å². The first-order chi connectivity index (χ1) is 10.2. The number of nitrogens with two attached hydrogens (primary N) is 1. The molecule has 1 aliphatic carbocycles. The Labute approximate surface area is 128 Å². The van der Waals surface area contributed by atoms with E-state index in [-0.39, 0.29) is 0 Å². The van der Waals surface area contributed by atoms with E-state index in [0.29, 0.717) is 12.0 Å². The van der Waals surface area contributed by atoms with E-state index in [9.17, 15) is 0 Å². The van der Waals surface area contributed by atoms with Gasteiger partial charge in [-0.2, -0.15) is 0 Å². The van der Waals surface area contributed by atoms with Crippen LogP contribution in [0.3, 0.4) is 0 Å². The van der Waals surface area contributed by atoms with Crippen LogP contribution in [0.25, 0.3) is 0 Å². The zero-order valence-electron chi connectivity index (χ0n) is 13.1. The molecule has 116 valence electrons. The fourth-order valence-electron chi connectivity index (χ4n) is 4.06. The molecule has 1 aliphatic heterocycles. The average molecular weight is 288 g/mol. The first-order valence-electron chi connectivity index (χ1n) is 8.36. The van der Waals surface area contributed by atoms with Crippen molar-refractivity contribution >= 4 is 0 Å². The second-order valence-electron chi connectivity index (χ2n) is 6.83. The Hall–Kier alpha value is -1.06. The summed E-state index contributed by atoms with van der Waals surface area (Å²) in [5, 5.41) is 0. The average Bonchev–Trinajstić information content (AvgIpc) is 2.99. The summed E-state index contributed by atoms with van der Waals surface area (Å²) in [5.41, 5.74) is 7.72. The maximum atomic E-state index is 6.32. The van der Waals surface area contributed by atoms with Gasteiger partial charge >= 0.3 is 0 Å². The third kappa shape index (κ3) is 3.78. The van der Waals surface area contributed by atoms with Gasteiger partial charge in [-0.3, -0.25) is 0 Å². The molecular formula is C18H28N2O. The molecule has 21 heavy (non-hydrogen) atoms. The van der Waals surface area contributed by atoms with Crippen molar-refractivity contribution in [2.75, 3.05) is 26.7 Å². The molecule has 2 N–H and O–H groups in total. The van der Waals surface area contributed by atoms with Gasteiger partial charge in [-0.1, -0.05) is 25.0 Å². The van der Waals surface area contributed by atoms with Gasteiger partial charge in [0.25, 0.3) is 0 Å². The molecule has 0 aromatic heterocycles. The van der Waals surface area contributed by atoms with Crippen LogP contribution in [0.1, 0.15) is 43.6 Å². The normalized spacial score (nSPS) is 27.9. The van der Waals surface area contributed by atoms with Gasteiger partial charge in [-0.25, -0.2) is 0 Å². The minimum atomic E-state index is 0.312. The SMILES string of the molecule is COc1ccc(C2CC(N)CN(CC3CCCC3)C2)cc1. The highest BCUT2D eigenvalue weighted by molar-refractivity contribution is 5.30. The molecule has 0 bridgehead atoms. The number of rotatable bonds is 4. The molecular weight excluding hydrogens is 260 g/mol. The lowest BCUT2D eigenvalue weighted by molar-refractivity contribution is 0.164.